The standard InChI is InChI=1S/C14H20ClNOS/c1-5-14(3,4)16-13(17)10(2)18-12-8-6-7-11(15)9-12/h6-10H,5H2,1-4H3,(H,16,17). The van der Waals surface area contributed by atoms with Crippen LogP contribution in [0.25, 0.3) is 0 Å². The molecule has 1 rings (SSSR count). The van der Waals surface area contributed by atoms with Crippen LogP contribution in [-0.2, 0) is 4.79 Å². The summed E-state index contributed by atoms with van der Waals surface area (Å²) in [5.74, 6) is 0.0619. The number of rotatable bonds is 5. The minimum atomic E-state index is -0.153. The summed E-state index contributed by atoms with van der Waals surface area (Å²) in [4.78, 5) is 13.1. The average molecular weight is 286 g/mol. The van der Waals surface area contributed by atoms with Gasteiger partial charge in [0.15, 0.2) is 0 Å². The Morgan fingerprint density at radius 3 is 2.72 bits per heavy atom. The van der Waals surface area contributed by atoms with E-state index in [-0.39, 0.29) is 16.7 Å². The van der Waals surface area contributed by atoms with Crippen LogP contribution in [0.2, 0.25) is 5.02 Å². The summed E-state index contributed by atoms with van der Waals surface area (Å²) in [5.41, 5.74) is -0.153. The zero-order valence-electron chi connectivity index (χ0n) is 11.3. The van der Waals surface area contributed by atoms with Gasteiger partial charge in [0, 0.05) is 15.5 Å². The smallest absolute Gasteiger partial charge is 0.233 e. The minimum absolute atomic E-state index is 0.0619. The van der Waals surface area contributed by atoms with E-state index in [9.17, 15) is 4.79 Å². The quantitative estimate of drug-likeness (QED) is 0.825. The molecule has 1 N–H and O–H groups in total. The summed E-state index contributed by atoms with van der Waals surface area (Å²) in [6.07, 6.45) is 0.910. The third kappa shape index (κ3) is 4.91. The molecule has 0 aliphatic carbocycles. The molecule has 1 unspecified atom stereocenters. The van der Waals surface area contributed by atoms with Crippen LogP contribution >= 0.6 is 23.4 Å². The largest absolute Gasteiger partial charge is 0.350 e. The lowest BCUT2D eigenvalue weighted by Gasteiger charge is -2.26. The number of thioether (sulfide) groups is 1. The fourth-order valence-corrected chi connectivity index (χ4v) is 2.50. The molecule has 2 nitrogen and oxygen atoms in total. The predicted molar refractivity (Wildman–Crippen MR) is 79.3 cm³/mol. The van der Waals surface area contributed by atoms with Crippen LogP contribution in [0.4, 0.5) is 0 Å². The molecular weight excluding hydrogens is 266 g/mol. The Bertz CT molecular complexity index is 420. The topological polar surface area (TPSA) is 29.1 Å². The zero-order chi connectivity index (χ0) is 13.8. The second kappa shape index (κ2) is 6.48. The summed E-state index contributed by atoms with van der Waals surface area (Å²) < 4.78 is 0. The first-order chi connectivity index (χ1) is 8.34. The second-order valence-corrected chi connectivity index (χ2v) is 6.79. The lowest BCUT2D eigenvalue weighted by atomic mass is 10.0. The van der Waals surface area contributed by atoms with Crippen molar-refractivity contribution in [3.63, 3.8) is 0 Å². The molecule has 0 heterocycles. The van der Waals surface area contributed by atoms with E-state index in [1.54, 1.807) is 0 Å². The van der Waals surface area contributed by atoms with Crippen LogP contribution in [0.15, 0.2) is 29.2 Å². The van der Waals surface area contributed by atoms with Crippen LogP contribution in [0.5, 0.6) is 0 Å². The number of nitrogens with one attached hydrogen (secondary N) is 1. The van der Waals surface area contributed by atoms with Gasteiger partial charge in [-0.15, -0.1) is 11.8 Å². The number of carbonyl (C=O) groups is 1. The number of carbonyl (C=O) groups excluding carboxylic acids is 1. The van der Waals surface area contributed by atoms with Crippen molar-refractivity contribution in [3.05, 3.63) is 29.3 Å². The third-order valence-corrected chi connectivity index (χ3v) is 4.15. The van der Waals surface area contributed by atoms with Gasteiger partial charge in [0.05, 0.1) is 5.25 Å². The maximum Gasteiger partial charge on any atom is 0.233 e. The Labute approximate surface area is 118 Å². The minimum Gasteiger partial charge on any atom is -0.350 e. The van der Waals surface area contributed by atoms with Crippen LogP contribution in [0, 0.1) is 0 Å². The van der Waals surface area contributed by atoms with Gasteiger partial charge in [0.2, 0.25) is 5.91 Å². The SMILES string of the molecule is CCC(C)(C)NC(=O)C(C)Sc1cccc(Cl)c1. The molecule has 0 aliphatic heterocycles. The molecule has 1 atom stereocenters. The Balaban J connectivity index is 2.60. The Hall–Kier alpha value is -0.670. The summed E-state index contributed by atoms with van der Waals surface area (Å²) in [7, 11) is 0. The van der Waals surface area contributed by atoms with Crippen molar-refractivity contribution in [2.24, 2.45) is 0 Å². The average Bonchev–Trinajstić information content (AvgIpc) is 2.28. The Morgan fingerprint density at radius 1 is 1.50 bits per heavy atom. The van der Waals surface area contributed by atoms with Crippen molar-refractivity contribution < 1.29 is 4.79 Å². The van der Waals surface area contributed by atoms with Crippen molar-refractivity contribution in [2.75, 3.05) is 0 Å². The van der Waals surface area contributed by atoms with Gasteiger partial charge in [-0.1, -0.05) is 24.6 Å². The van der Waals surface area contributed by atoms with Crippen molar-refractivity contribution in [1.29, 1.82) is 0 Å². The van der Waals surface area contributed by atoms with E-state index in [1.165, 1.54) is 11.8 Å². The molecule has 18 heavy (non-hydrogen) atoms. The van der Waals surface area contributed by atoms with E-state index in [0.29, 0.717) is 5.02 Å². The number of benzene rings is 1. The molecule has 0 radical (unpaired) electrons. The van der Waals surface area contributed by atoms with E-state index >= 15 is 0 Å². The molecule has 0 saturated heterocycles. The van der Waals surface area contributed by atoms with Gasteiger partial charge < -0.3 is 5.32 Å². The highest BCUT2D eigenvalue weighted by molar-refractivity contribution is 8.00. The first-order valence-corrected chi connectivity index (χ1v) is 7.34. The Morgan fingerprint density at radius 2 is 2.17 bits per heavy atom. The summed E-state index contributed by atoms with van der Waals surface area (Å²) in [6, 6.07) is 7.56. The van der Waals surface area contributed by atoms with Gasteiger partial charge in [0.1, 0.15) is 0 Å². The monoisotopic (exact) mass is 285 g/mol. The van der Waals surface area contributed by atoms with E-state index in [4.69, 9.17) is 11.6 Å². The molecule has 0 saturated carbocycles. The van der Waals surface area contributed by atoms with Crippen LogP contribution in [0.3, 0.4) is 0 Å². The van der Waals surface area contributed by atoms with Crippen LogP contribution in [-0.4, -0.2) is 16.7 Å². The predicted octanol–water partition coefficient (Wildman–Crippen LogP) is 4.13. The zero-order valence-corrected chi connectivity index (χ0v) is 12.9. The molecular formula is C14H20ClNOS. The molecule has 4 heteroatoms. The maximum atomic E-state index is 12.0. The van der Waals surface area contributed by atoms with E-state index < -0.39 is 0 Å². The van der Waals surface area contributed by atoms with Gasteiger partial charge >= 0.3 is 0 Å². The lowest BCUT2D eigenvalue weighted by molar-refractivity contribution is -0.121. The Kier molecular flexibility index (Phi) is 5.54. The highest BCUT2D eigenvalue weighted by Crippen LogP contribution is 2.26. The van der Waals surface area contributed by atoms with Gasteiger partial charge in [-0.2, -0.15) is 0 Å². The molecule has 0 spiro atoms. The highest BCUT2D eigenvalue weighted by Gasteiger charge is 2.22. The molecule has 0 fully saturated rings. The normalized spacial score (nSPS) is 13.2. The number of hydrogen-bond acceptors (Lipinski definition) is 2. The molecule has 0 bridgehead atoms. The number of halogens is 1. The molecule has 0 aliphatic rings. The number of hydrogen-bond donors (Lipinski definition) is 1. The van der Waals surface area contributed by atoms with Crippen molar-refractivity contribution in [3.8, 4) is 0 Å². The fourth-order valence-electron chi connectivity index (χ4n) is 1.32. The van der Waals surface area contributed by atoms with Crippen LogP contribution in [0.1, 0.15) is 34.1 Å². The lowest BCUT2D eigenvalue weighted by Crippen LogP contribution is -2.46. The second-order valence-electron chi connectivity index (χ2n) is 4.94. The van der Waals surface area contributed by atoms with Gasteiger partial charge in [-0.3, -0.25) is 4.79 Å². The molecule has 1 aromatic rings. The third-order valence-electron chi connectivity index (χ3n) is 2.82. The van der Waals surface area contributed by atoms with E-state index in [2.05, 4.69) is 12.2 Å². The van der Waals surface area contributed by atoms with E-state index in [1.807, 2.05) is 45.0 Å². The van der Waals surface area contributed by atoms with Crippen molar-refractivity contribution in [2.45, 2.75) is 49.8 Å². The summed E-state index contributed by atoms with van der Waals surface area (Å²) >= 11 is 7.44. The van der Waals surface area contributed by atoms with E-state index in [0.717, 1.165) is 11.3 Å². The van der Waals surface area contributed by atoms with Crippen LogP contribution < -0.4 is 5.32 Å². The fraction of sp³-hybridized carbons (Fsp3) is 0.500. The first-order valence-electron chi connectivity index (χ1n) is 6.08. The maximum absolute atomic E-state index is 12.0. The van der Waals surface area contributed by atoms with Gasteiger partial charge in [-0.05, 0) is 45.4 Å². The molecule has 1 amide bonds. The molecule has 100 valence electrons. The van der Waals surface area contributed by atoms with Crippen molar-refractivity contribution >= 4 is 29.3 Å². The van der Waals surface area contributed by atoms with Gasteiger partial charge in [0.25, 0.3) is 0 Å². The van der Waals surface area contributed by atoms with Crippen molar-refractivity contribution in [1.82, 2.24) is 5.32 Å². The highest BCUT2D eigenvalue weighted by atomic mass is 35.5. The first kappa shape index (κ1) is 15.4. The summed E-state index contributed by atoms with van der Waals surface area (Å²) in [5, 5.41) is 3.61. The number of amides is 1. The molecule has 0 aromatic heterocycles. The summed E-state index contributed by atoms with van der Waals surface area (Å²) in [6.45, 7) is 8.03. The molecule has 1 aromatic carbocycles. The van der Waals surface area contributed by atoms with Gasteiger partial charge in [-0.25, -0.2) is 0 Å².